The molecule has 0 bridgehead atoms. The van der Waals surface area contributed by atoms with Gasteiger partial charge in [0.15, 0.2) is 12.7 Å². The Kier molecular flexibility index (Phi) is 3.51. The highest BCUT2D eigenvalue weighted by Gasteiger charge is 2.13. The lowest BCUT2D eigenvalue weighted by Gasteiger charge is -2.07. The fourth-order valence-corrected chi connectivity index (χ4v) is 2.73. The standard InChI is InChI=1S/C16H15NO2S/c1-19-12-2-4-14-11(8-12)10-17(6-7-18)16-9-13(20)3-5-15(14)16/h2-5,8-10,18H,6-7H2,1H3/p+1. The Labute approximate surface area is 122 Å². The summed E-state index contributed by atoms with van der Waals surface area (Å²) in [4.78, 5) is 0.914. The Morgan fingerprint density at radius 2 is 1.95 bits per heavy atom. The fraction of sp³-hybridized carbons (Fsp3) is 0.188. The zero-order valence-corrected chi connectivity index (χ0v) is 12.1. The summed E-state index contributed by atoms with van der Waals surface area (Å²) in [5, 5.41) is 12.7. The van der Waals surface area contributed by atoms with Gasteiger partial charge in [0.05, 0.1) is 17.9 Å². The number of fused-ring (bicyclic) bond motifs is 3. The van der Waals surface area contributed by atoms with E-state index < -0.39 is 0 Å². The van der Waals surface area contributed by atoms with E-state index >= 15 is 0 Å². The van der Waals surface area contributed by atoms with Gasteiger partial charge in [-0.3, -0.25) is 0 Å². The monoisotopic (exact) mass is 286 g/mol. The summed E-state index contributed by atoms with van der Waals surface area (Å²) < 4.78 is 7.33. The number of nitrogens with zero attached hydrogens (tertiary/aromatic N) is 1. The predicted molar refractivity (Wildman–Crippen MR) is 82.5 cm³/mol. The van der Waals surface area contributed by atoms with Crippen LogP contribution >= 0.6 is 12.6 Å². The van der Waals surface area contributed by atoms with Gasteiger partial charge in [-0.2, -0.15) is 4.57 Å². The molecule has 0 saturated heterocycles. The van der Waals surface area contributed by atoms with Crippen LogP contribution in [0.2, 0.25) is 0 Å². The summed E-state index contributed by atoms with van der Waals surface area (Å²) in [6, 6.07) is 12.1. The van der Waals surface area contributed by atoms with Crippen molar-refractivity contribution in [1.82, 2.24) is 0 Å². The second-order valence-corrected chi connectivity index (χ2v) is 5.22. The van der Waals surface area contributed by atoms with Crippen molar-refractivity contribution in [2.24, 2.45) is 0 Å². The minimum atomic E-state index is 0.103. The maximum Gasteiger partial charge on any atom is 0.214 e. The maximum absolute atomic E-state index is 9.26. The molecule has 0 aliphatic carbocycles. The molecule has 3 aromatic rings. The first-order valence-corrected chi connectivity index (χ1v) is 6.91. The molecule has 1 heterocycles. The molecule has 0 saturated carbocycles. The van der Waals surface area contributed by atoms with Gasteiger partial charge < -0.3 is 9.84 Å². The second-order valence-electron chi connectivity index (χ2n) is 4.70. The average Bonchev–Trinajstić information content (AvgIpc) is 2.47. The van der Waals surface area contributed by atoms with E-state index in [-0.39, 0.29) is 6.61 Å². The molecule has 1 N–H and O–H groups in total. The van der Waals surface area contributed by atoms with Crippen LogP contribution in [-0.2, 0) is 6.54 Å². The molecule has 4 heteroatoms. The first-order valence-electron chi connectivity index (χ1n) is 6.46. The van der Waals surface area contributed by atoms with Crippen molar-refractivity contribution in [1.29, 1.82) is 0 Å². The topological polar surface area (TPSA) is 33.3 Å². The minimum Gasteiger partial charge on any atom is -0.497 e. The number of ether oxygens (including phenoxy) is 1. The molecule has 0 radical (unpaired) electrons. The van der Waals surface area contributed by atoms with Crippen LogP contribution in [0.15, 0.2) is 47.5 Å². The molecule has 0 fully saturated rings. The van der Waals surface area contributed by atoms with Gasteiger partial charge in [-0.1, -0.05) is 0 Å². The van der Waals surface area contributed by atoms with Crippen LogP contribution in [0.4, 0.5) is 0 Å². The summed E-state index contributed by atoms with van der Waals surface area (Å²) in [6.45, 7) is 0.660. The Morgan fingerprint density at radius 1 is 1.15 bits per heavy atom. The molecular formula is C16H16NO2S+. The number of methoxy groups -OCH3 is 1. The molecule has 3 nitrogen and oxygen atoms in total. The number of hydrogen-bond acceptors (Lipinski definition) is 3. The number of hydrogen-bond donors (Lipinski definition) is 2. The van der Waals surface area contributed by atoms with E-state index in [2.05, 4.69) is 29.3 Å². The maximum atomic E-state index is 9.26. The highest BCUT2D eigenvalue weighted by atomic mass is 32.1. The normalized spacial score (nSPS) is 11.2. The van der Waals surface area contributed by atoms with Gasteiger partial charge in [-0.25, -0.2) is 0 Å². The number of rotatable bonds is 3. The van der Waals surface area contributed by atoms with Crippen molar-refractivity contribution in [2.45, 2.75) is 11.4 Å². The molecular weight excluding hydrogens is 270 g/mol. The van der Waals surface area contributed by atoms with Gasteiger partial charge in [0.25, 0.3) is 0 Å². The van der Waals surface area contributed by atoms with Crippen LogP contribution in [0.3, 0.4) is 0 Å². The van der Waals surface area contributed by atoms with Crippen molar-refractivity contribution in [2.75, 3.05) is 13.7 Å². The summed E-state index contributed by atoms with van der Waals surface area (Å²) >= 11 is 4.41. The lowest BCUT2D eigenvalue weighted by Crippen LogP contribution is -2.36. The Hall–Kier alpha value is -1.78. The zero-order chi connectivity index (χ0) is 14.1. The predicted octanol–water partition coefficient (Wildman–Crippen LogP) is 2.57. The third-order valence-corrected chi connectivity index (χ3v) is 3.75. The van der Waals surface area contributed by atoms with Gasteiger partial charge in [-0.15, -0.1) is 12.6 Å². The molecule has 102 valence electrons. The van der Waals surface area contributed by atoms with Gasteiger partial charge in [0.1, 0.15) is 12.4 Å². The smallest absolute Gasteiger partial charge is 0.214 e. The van der Waals surface area contributed by atoms with Gasteiger partial charge in [-0.05, 0) is 30.3 Å². The van der Waals surface area contributed by atoms with Crippen LogP contribution in [0.1, 0.15) is 0 Å². The molecule has 0 aliphatic rings. The fourth-order valence-electron chi connectivity index (χ4n) is 2.54. The molecule has 20 heavy (non-hydrogen) atoms. The molecule has 3 rings (SSSR count). The van der Waals surface area contributed by atoms with E-state index in [1.807, 2.05) is 30.5 Å². The molecule has 0 spiro atoms. The number of aromatic nitrogens is 1. The molecule has 0 aliphatic heterocycles. The summed E-state index contributed by atoms with van der Waals surface area (Å²) in [5.41, 5.74) is 1.07. The van der Waals surface area contributed by atoms with Crippen LogP contribution in [-0.4, -0.2) is 18.8 Å². The first kappa shape index (κ1) is 13.2. The van der Waals surface area contributed by atoms with Crippen LogP contribution in [0.5, 0.6) is 5.75 Å². The molecule has 0 atom stereocenters. The Balaban J connectivity index is 2.39. The van der Waals surface area contributed by atoms with Gasteiger partial charge >= 0.3 is 0 Å². The van der Waals surface area contributed by atoms with E-state index in [0.29, 0.717) is 6.54 Å². The number of aliphatic hydroxyl groups excluding tert-OH is 1. The lowest BCUT2D eigenvalue weighted by molar-refractivity contribution is -0.671. The van der Waals surface area contributed by atoms with E-state index in [1.54, 1.807) is 7.11 Å². The molecule has 1 aromatic heterocycles. The summed E-state index contributed by atoms with van der Waals surface area (Å²) in [6.07, 6.45) is 2.05. The van der Waals surface area contributed by atoms with Crippen LogP contribution in [0, 0.1) is 0 Å². The lowest BCUT2D eigenvalue weighted by atomic mass is 10.1. The number of thiol groups is 1. The van der Waals surface area contributed by atoms with Crippen molar-refractivity contribution in [3.05, 3.63) is 42.6 Å². The van der Waals surface area contributed by atoms with E-state index in [0.717, 1.165) is 26.9 Å². The van der Waals surface area contributed by atoms with Gasteiger partial charge in [0, 0.05) is 16.3 Å². The van der Waals surface area contributed by atoms with Crippen molar-refractivity contribution < 1.29 is 14.4 Å². The zero-order valence-electron chi connectivity index (χ0n) is 11.2. The third-order valence-electron chi connectivity index (χ3n) is 3.48. The summed E-state index contributed by atoms with van der Waals surface area (Å²) in [5.74, 6) is 0.832. The van der Waals surface area contributed by atoms with E-state index in [1.165, 1.54) is 5.39 Å². The van der Waals surface area contributed by atoms with Crippen LogP contribution < -0.4 is 9.30 Å². The van der Waals surface area contributed by atoms with E-state index in [9.17, 15) is 5.11 Å². The van der Waals surface area contributed by atoms with Crippen LogP contribution in [0.25, 0.3) is 21.7 Å². The SMILES string of the molecule is COc1ccc2c(c1)c[n+](CCO)c1cc(S)ccc21. The Bertz CT molecular complexity index is 786. The molecule has 0 unspecified atom stereocenters. The molecule has 0 amide bonds. The second kappa shape index (κ2) is 5.31. The summed E-state index contributed by atoms with van der Waals surface area (Å²) in [7, 11) is 1.66. The van der Waals surface area contributed by atoms with E-state index in [4.69, 9.17) is 4.74 Å². The third kappa shape index (κ3) is 2.21. The minimum absolute atomic E-state index is 0.103. The number of aliphatic hydroxyl groups is 1. The first-order chi connectivity index (χ1) is 9.72. The van der Waals surface area contributed by atoms with Crippen molar-refractivity contribution in [3.8, 4) is 5.75 Å². The van der Waals surface area contributed by atoms with Crippen molar-refractivity contribution >= 4 is 34.3 Å². The number of benzene rings is 2. The molecule has 2 aromatic carbocycles. The average molecular weight is 286 g/mol. The highest BCUT2D eigenvalue weighted by molar-refractivity contribution is 7.80. The largest absolute Gasteiger partial charge is 0.497 e. The quantitative estimate of drug-likeness (QED) is 0.441. The van der Waals surface area contributed by atoms with Crippen molar-refractivity contribution in [3.63, 3.8) is 0 Å². The van der Waals surface area contributed by atoms with Gasteiger partial charge in [0.2, 0.25) is 5.52 Å². The Morgan fingerprint density at radius 3 is 2.70 bits per heavy atom. The highest BCUT2D eigenvalue weighted by Crippen LogP contribution is 2.27. The number of pyridine rings is 1.